The van der Waals surface area contributed by atoms with Crippen molar-refractivity contribution in [1.29, 1.82) is 0 Å². The van der Waals surface area contributed by atoms with Crippen LogP contribution in [0.15, 0.2) is 54.7 Å². The Labute approximate surface area is 161 Å². The quantitative estimate of drug-likeness (QED) is 0.693. The van der Waals surface area contributed by atoms with Gasteiger partial charge in [-0.1, -0.05) is 12.1 Å². The minimum Gasteiger partial charge on any atom is -0.370 e. The lowest BCUT2D eigenvalue weighted by molar-refractivity contribution is -0.0228. The molecule has 1 aliphatic rings. The van der Waals surface area contributed by atoms with Gasteiger partial charge in [-0.25, -0.2) is 13.5 Å². The third kappa shape index (κ3) is 3.53. The maximum atomic E-state index is 13.2. The molecule has 0 saturated carbocycles. The fourth-order valence-corrected chi connectivity index (χ4v) is 3.35. The maximum Gasteiger partial charge on any atom is 0.257 e. The molecule has 1 saturated heterocycles. The Balaban J connectivity index is 1.54. The molecule has 28 heavy (non-hydrogen) atoms. The molecule has 4 rings (SSSR count). The predicted molar refractivity (Wildman–Crippen MR) is 99.3 cm³/mol. The lowest BCUT2D eigenvalue weighted by Crippen LogP contribution is -2.42. The van der Waals surface area contributed by atoms with Gasteiger partial charge < -0.3 is 9.64 Å². The Hall–Kier alpha value is -3.06. The number of carbonyl (C=O) groups excluding carboxylic acids is 1. The van der Waals surface area contributed by atoms with Crippen molar-refractivity contribution in [2.75, 3.05) is 19.7 Å². The normalized spacial score (nSPS) is 17.0. The number of carbonyl (C=O) groups is 1. The van der Waals surface area contributed by atoms with Crippen molar-refractivity contribution in [2.45, 2.75) is 13.0 Å². The number of benzene rings is 2. The van der Waals surface area contributed by atoms with Gasteiger partial charge in [0.15, 0.2) is 0 Å². The van der Waals surface area contributed by atoms with E-state index < -0.39 is 0 Å². The van der Waals surface area contributed by atoms with Gasteiger partial charge in [0.1, 0.15) is 17.7 Å². The summed E-state index contributed by atoms with van der Waals surface area (Å²) in [6.45, 7) is 3.06. The average molecular weight is 383 g/mol. The van der Waals surface area contributed by atoms with Gasteiger partial charge in [0.25, 0.3) is 5.91 Å². The van der Waals surface area contributed by atoms with Crippen molar-refractivity contribution in [3.05, 3.63) is 83.2 Å². The number of hydrogen-bond donors (Lipinski definition) is 0. The van der Waals surface area contributed by atoms with Gasteiger partial charge in [0.05, 0.1) is 36.3 Å². The summed E-state index contributed by atoms with van der Waals surface area (Å²) in [6.07, 6.45) is 1.23. The van der Waals surface area contributed by atoms with Crippen LogP contribution in [-0.4, -0.2) is 40.3 Å². The van der Waals surface area contributed by atoms with Gasteiger partial charge in [-0.2, -0.15) is 5.10 Å². The van der Waals surface area contributed by atoms with E-state index in [9.17, 15) is 13.6 Å². The van der Waals surface area contributed by atoms with Crippen LogP contribution >= 0.6 is 0 Å². The number of morpholine rings is 1. The lowest BCUT2D eigenvalue weighted by Gasteiger charge is -2.33. The van der Waals surface area contributed by atoms with E-state index in [-0.39, 0.29) is 23.6 Å². The topological polar surface area (TPSA) is 47.4 Å². The van der Waals surface area contributed by atoms with Crippen LogP contribution in [0.5, 0.6) is 0 Å². The Kier molecular flexibility index (Phi) is 4.92. The van der Waals surface area contributed by atoms with Gasteiger partial charge in [-0.05, 0) is 48.9 Å². The van der Waals surface area contributed by atoms with Crippen molar-refractivity contribution in [3.63, 3.8) is 0 Å². The highest BCUT2D eigenvalue weighted by Gasteiger charge is 2.28. The summed E-state index contributed by atoms with van der Waals surface area (Å²) in [6, 6.07) is 12.1. The lowest BCUT2D eigenvalue weighted by atomic mass is 10.1. The summed E-state index contributed by atoms with van der Waals surface area (Å²) in [5.74, 6) is -0.775. The fourth-order valence-electron chi connectivity index (χ4n) is 3.35. The number of aromatic nitrogens is 2. The molecular formula is C21H19F2N3O2. The molecule has 7 heteroatoms. The van der Waals surface area contributed by atoms with Crippen LogP contribution in [-0.2, 0) is 4.74 Å². The second-order valence-corrected chi connectivity index (χ2v) is 6.69. The van der Waals surface area contributed by atoms with E-state index >= 15 is 0 Å². The number of rotatable bonds is 3. The first-order valence-electron chi connectivity index (χ1n) is 9.00. The average Bonchev–Trinajstić information content (AvgIpc) is 3.10. The predicted octanol–water partition coefficient (Wildman–Crippen LogP) is 3.67. The number of amides is 1. The van der Waals surface area contributed by atoms with E-state index in [1.165, 1.54) is 30.5 Å². The maximum absolute atomic E-state index is 13.2. The molecule has 0 spiro atoms. The molecule has 0 bridgehead atoms. The van der Waals surface area contributed by atoms with Crippen LogP contribution in [0.1, 0.15) is 27.7 Å². The number of halogens is 2. The van der Waals surface area contributed by atoms with E-state index in [1.54, 1.807) is 33.8 Å². The summed E-state index contributed by atoms with van der Waals surface area (Å²) in [5, 5.41) is 4.29. The van der Waals surface area contributed by atoms with Gasteiger partial charge in [0, 0.05) is 6.54 Å². The van der Waals surface area contributed by atoms with Gasteiger partial charge in [-0.15, -0.1) is 0 Å². The SMILES string of the molecule is Cc1c(C(=O)N2CCOC(c3ccc(F)cc3)C2)cnn1-c1ccc(F)cc1. The van der Waals surface area contributed by atoms with E-state index in [2.05, 4.69) is 5.10 Å². The first kappa shape index (κ1) is 18.3. The minimum absolute atomic E-state index is 0.138. The molecule has 5 nitrogen and oxygen atoms in total. The van der Waals surface area contributed by atoms with Crippen molar-refractivity contribution in [2.24, 2.45) is 0 Å². The van der Waals surface area contributed by atoms with Gasteiger partial charge in [-0.3, -0.25) is 4.79 Å². The highest BCUT2D eigenvalue weighted by molar-refractivity contribution is 5.95. The highest BCUT2D eigenvalue weighted by Crippen LogP contribution is 2.24. The molecule has 0 N–H and O–H groups in total. The van der Waals surface area contributed by atoms with Crippen LogP contribution in [0.2, 0.25) is 0 Å². The van der Waals surface area contributed by atoms with Crippen LogP contribution in [0.4, 0.5) is 8.78 Å². The zero-order chi connectivity index (χ0) is 19.7. The van der Waals surface area contributed by atoms with Crippen LogP contribution < -0.4 is 0 Å². The molecule has 0 aliphatic carbocycles. The largest absolute Gasteiger partial charge is 0.370 e. The number of ether oxygens (including phenoxy) is 1. The van der Waals surface area contributed by atoms with Gasteiger partial charge >= 0.3 is 0 Å². The summed E-state index contributed by atoms with van der Waals surface area (Å²) < 4.78 is 33.7. The molecule has 0 radical (unpaired) electrons. The number of hydrogen-bond acceptors (Lipinski definition) is 3. The summed E-state index contributed by atoms with van der Waals surface area (Å²) in [5.41, 5.74) is 2.69. The summed E-state index contributed by atoms with van der Waals surface area (Å²) >= 11 is 0. The Morgan fingerprint density at radius 3 is 2.39 bits per heavy atom. The standard InChI is InChI=1S/C21H19F2N3O2/c1-14-19(12-24-26(14)18-8-6-17(23)7-9-18)21(27)25-10-11-28-20(13-25)15-2-4-16(22)5-3-15/h2-9,12,20H,10-11,13H2,1H3. The third-order valence-electron chi connectivity index (χ3n) is 4.91. The molecule has 1 aromatic heterocycles. The van der Waals surface area contributed by atoms with Crippen molar-refractivity contribution in [1.82, 2.24) is 14.7 Å². The molecule has 1 aliphatic heterocycles. The molecule has 2 aromatic carbocycles. The van der Waals surface area contributed by atoms with Crippen molar-refractivity contribution < 1.29 is 18.3 Å². The highest BCUT2D eigenvalue weighted by atomic mass is 19.1. The zero-order valence-corrected chi connectivity index (χ0v) is 15.3. The zero-order valence-electron chi connectivity index (χ0n) is 15.3. The Morgan fingerprint density at radius 2 is 1.71 bits per heavy atom. The monoisotopic (exact) mass is 383 g/mol. The molecule has 144 valence electrons. The molecule has 1 amide bonds. The first-order valence-corrected chi connectivity index (χ1v) is 9.00. The fraction of sp³-hybridized carbons (Fsp3) is 0.238. The third-order valence-corrected chi connectivity index (χ3v) is 4.91. The Bertz CT molecular complexity index is 984. The van der Waals surface area contributed by atoms with E-state index in [1.807, 2.05) is 6.92 Å². The number of nitrogens with zero attached hydrogens (tertiary/aromatic N) is 3. The summed E-state index contributed by atoms with van der Waals surface area (Å²) in [4.78, 5) is 14.8. The van der Waals surface area contributed by atoms with E-state index in [0.717, 1.165) is 5.56 Å². The first-order chi connectivity index (χ1) is 13.5. The molecule has 1 fully saturated rings. The smallest absolute Gasteiger partial charge is 0.257 e. The molecule has 1 unspecified atom stereocenters. The molecule has 3 aromatic rings. The van der Waals surface area contributed by atoms with Crippen LogP contribution in [0, 0.1) is 18.6 Å². The summed E-state index contributed by atoms with van der Waals surface area (Å²) in [7, 11) is 0. The van der Waals surface area contributed by atoms with E-state index in [4.69, 9.17) is 4.74 Å². The molecule has 2 heterocycles. The second kappa shape index (κ2) is 7.52. The van der Waals surface area contributed by atoms with Crippen LogP contribution in [0.25, 0.3) is 5.69 Å². The van der Waals surface area contributed by atoms with Crippen molar-refractivity contribution in [3.8, 4) is 5.69 Å². The minimum atomic E-state index is -0.329. The Morgan fingerprint density at radius 1 is 1.07 bits per heavy atom. The van der Waals surface area contributed by atoms with Crippen LogP contribution in [0.3, 0.4) is 0 Å². The molecular weight excluding hydrogens is 364 g/mol. The van der Waals surface area contributed by atoms with E-state index in [0.29, 0.717) is 36.6 Å². The molecule has 1 atom stereocenters. The second-order valence-electron chi connectivity index (χ2n) is 6.69. The van der Waals surface area contributed by atoms with Crippen molar-refractivity contribution >= 4 is 5.91 Å². The van der Waals surface area contributed by atoms with Gasteiger partial charge in [0.2, 0.25) is 0 Å².